The molecule has 0 aliphatic rings. The monoisotopic (exact) mass is 412 g/mol. The number of nitrogens with one attached hydrogen (secondary N) is 1. The number of anilines is 1. The van der Waals surface area contributed by atoms with Crippen LogP contribution in [0.25, 0.3) is 20.8 Å². The van der Waals surface area contributed by atoms with E-state index in [9.17, 15) is 12.8 Å². The van der Waals surface area contributed by atoms with Gasteiger partial charge < -0.3 is 0 Å². The quantitative estimate of drug-likeness (QED) is 0.480. The molecule has 142 valence electrons. The van der Waals surface area contributed by atoms with Crippen molar-refractivity contribution in [1.82, 2.24) is 4.98 Å². The van der Waals surface area contributed by atoms with E-state index >= 15 is 0 Å². The number of rotatable bonds is 5. The summed E-state index contributed by atoms with van der Waals surface area (Å²) in [6.45, 7) is 2.05. The molecule has 7 heteroatoms. The Morgan fingerprint density at radius 1 is 1.00 bits per heavy atom. The van der Waals surface area contributed by atoms with Gasteiger partial charge >= 0.3 is 0 Å². The maximum Gasteiger partial charge on any atom is 0.236 e. The smallest absolute Gasteiger partial charge is 0.236 e. The van der Waals surface area contributed by atoms with Gasteiger partial charge in [0.25, 0.3) is 0 Å². The Labute approximate surface area is 166 Å². The molecule has 3 aromatic carbocycles. The van der Waals surface area contributed by atoms with Gasteiger partial charge in [-0.15, -0.1) is 11.3 Å². The number of aryl methyl sites for hydroxylation is 1. The number of thiazole rings is 1. The summed E-state index contributed by atoms with van der Waals surface area (Å²) in [4.78, 5) is 4.64. The lowest BCUT2D eigenvalue weighted by atomic mass is 10.2. The Balaban J connectivity index is 1.51. The molecule has 0 aliphatic carbocycles. The molecule has 4 nitrogen and oxygen atoms in total. The molecule has 28 heavy (non-hydrogen) atoms. The highest BCUT2D eigenvalue weighted by atomic mass is 32.2. The fourth-order valence-corrected chi connectivity index (χ4v) is 5.12. The summed E-state index contributed by atoms with van der Waals surface area (Å²) in [5.41, 5.74) is 4.07. The van der Waals surface area contributed by atoms with Crippen molar-refractivity contribution in [3.8, 4) is 10.6 Å². The molecule has 0 aliphatic heterocycles. The van der Waals surface area contributed by atoms with E-state index in [-0.39, 0.29) is 5.75 Å². The lowest BCUT2D eigenvalue weighted by molar-refractivity contribution is 0.600. The van der Waals surface area contributed by atoms with E-state index in [0.29, 0.717) is 11.3 Å². The topological polar surface area (TPSA) is 59.1 Å². The Bertz CT molecular complexity index is 1230. The third kappa shape index (κ3) is 4.21. The van der Waals surface area contributed by atoms with Crippen LogP contribution in [-0.4, -0.2) is 13.4 Å². The van der Waals surface area contributed by atoms with Gasteiger partial charge in [0.2, 0.25) is 10.0 Å². The van der Waals surface area contributed by atoms with Crippen molar-refractivity contribution in [2.45, 2.75) is 12.7 Å². The van der Waals surface area contributed by atoms with E-state index < -0.39 is 15.8 Å². The lowest BCUT2D eigenvalue weighted by Crippen LogP contribution is -2.15. The number of hydrogen-bond donors (Lipinski definition) is 1. The van der Waals surface area contributed by atoms with Crippen molar-refractivity contribution in [3.63, 3.8) is 0 Å². The molecule has 0 fully saturated rings. The van der Waals surface area contributed by atoms with Crippen LogP contribution >= 0.6 is 11.3 Å². The number of halogens is 1. The molecule has 4 rings (SSSR count). The van der Waals surface area contributed by atoms with Crippen LogP contribution in [0.4, 0.5) is 10.1 Å². The molecule has 1 heterocycles. The predicted octanol–water partition coefficient (Wildman–Crippen LogP) is 5.35. The van der Waals surface area contributed by atoms with Gasteiger partial charge in [-0.25, -0.2) is 17.8 Å². The molecule has 0 saturated carbocycles. The summed E-state index contributed by atoms with van der Waals surface area (Å²) in [5, 5.41) is 0.890. The van der Waals surface area contributed by atoms with Crippen LogP contribution in [-0.2, 0) is 15.8 Å². The third-order valence-electron chi connectivity index (χ3n) is 4.22. The van der Waals surface area contributed by atoms with Gasteiger partial charge in [0, 0.05) is 11.3 Å². The van der Waals surface area contributed by atoms with Crippen molar-refractivity contribution in [3.05, 3.63) is 83.7 Å². The maximum absolute atomic E-state index is 13.0. The summed E-state index contributed by atoms with van der Waals surface area (Å²) >= 11 is 1.61. The molecule has 1 N–H and O–H groups in total. The van der Waals surface area contributed by atoms with Crippen LogP contribution in [0.5, 0.6) is 0 Å². The molecule has 0 atom stereocenters. The molecule has 1 aromatic heterocycles. The second kappa shape index (κ2) is 7.33. The molecule has 0 amide bonds. The summed E-state index contributed by atoms with van der Waals surface area (Å²) in [7, 11) is -3.59. The van der Waals surface area contributed by atoms with Crippen LogP contribution in [0.15, 0.2) is 66.7 Å². The van der Waals surface area contributed by atoms with E-state index in [1.807, 2.05) is 31.2 Å². The highest BCUT2D eigenvalue weighted by molar-refractivity contribution is 7.91. The first kappa shape index (κ1) is 18.6. The molecule has 0 unspecified atom stereocenters. The van der Waals surface area contributed by atoms with Crippen LogP contribution in [0.1, 0.15) is 11.1 Å². The standard InChI is InChI=1S/C21H17FN2O2S2/c1-14-2-11-19-20(12-14)27-21(23-19)16-5-9-18(10-6-16)24-28(25,26)13-15-3-7-17(22)8-4-15/h2-12,24H,13H2,1H3. The van der Waals surface area contributed by atoms with Gasteiger partial charge in [-0.1, -0.05) is 18.2 Å². The lowest BCUT2D eigenvalue weighted by Gasteiger charge is -2.08. The largest absolute Gasteiger partial charge is 0.283 e. The Kier molecular flexibility index (Phi) is 4.87. The van der Waals surface area contributed by atoms with Gasteiger partial charge in [0.1, 0.15) is 10.8 Å². The number of aromatic nitrogens is 1. The van der Waals surface area contributed by atoms with E-state index in [2.05, 4.69) is 15.8 Å². The van der Waals surface area contributed by atoms with Gasteiger partial charge in [-0.3, -0.25) is 4.72 Å². The van der Waals surface area contributed by atoms with E-state index in [1.165, 1.54) is 29.8 Å². The van der Waals surface area contributed by atoms with Crippen LogP contribution in [0.2, 0.25) is 0 Å². The molecule has 4 aromatic rings. The zero-order chi connectivity index (χ0) is 19.7. The second-order valence-corrected chi connectivity index (χ2v) is 9.31. The summed E-state index contributed by atoms with van der Waals surface area (Å²) in [6, 6.07) is 18.7. The molecular formula is C21H17FN2O2S2. The Hall–Kier alpha value is -2.77. The first-order valence-electron chi connectivity index (χ1n) is 8.60. The van der Waals surface area contributed by atoms with Crippen LogP contribution < -0.4 is 4.72 Å². The van der Waals surface area contributed by atoms with Gasteiger partial charge in [0.15, 0.2) is 0 Å². The number of nitrogens with zero attached hydrogens (tertiary/aromatic N) is 1. The SMILES string of the molecule is Cc1ccc2nc(-c3ccc(NS(=O)(=O)Cc4ccc(F)cc4)cc3)sc2c1. The predicted molar refractivity (Wildman–Crippen MR) is 112 cm³/mol. The normalized spacial score (nSPS) is 11.6. The second-order valence-electron chi connectivity index (χ2n) is 6.56. The Morgan fingerprint density at radius 3 is 2.43 bits per heavy atom. The third-order valence-corrected chi connectivity index (χ3v) is 6.55. The minimum absolute atomic E-state index is 0.216. The van der Waals surface area contributed by atoms with E-state index in [0.717, 1.165) is 20.8 Å². The molecule has 0 bridgehead atoms. The van der Waals surface area contributed by atoms with Gasteiger partial charge in [0.05, 0.1) is 16.0 Å². The fraction of sp³-hybridized carbons (Fsp3) is 0.0952. The van der Waals surface area contributed by atoms with Crippen LogP contribution in [0, 0.1) is 12.7 Å². The minimum atomic E-state index is -3.59. The van der Waals surface area contributed by atoms with E-state index in [4.69, 9.17) is 0 Å². The van der Waals surface area contributed by atoms with Crippen molar-refractivity contribution in [1.29, 1.82) is 0 Å². The summed E-state index contributed by atoms with van der Waals surface area (Å²) in [6.07, 6.45) is 0. The number of sulfonamides is 1. The highest BCUT2D eigenvalue weighted by Gasteiger charge is 2.13. The zero-order valence-electron chi connectivity index (χ0n) is 15.0. The van der Waals surface area contributed by atoms with Gasteiger partial charge in [-0.2, -0.15) is 0 Å². The van der Waals surface area contributed by atoms with Crippen molar-refractivity contribution in [2.24, 2.45) is 0 Å². The molecule has 0 radical (unpaired) electrons. The van der Waals surface area contributed by atoms with Crippen molar-refractivity contribution >= 4 is 37.3 Å². The summed E-state index contributed by atoms with van der Waals surface area (Å²) < 4.78 is 41.3. The van der Waals surface area contributed by atoms with Gasteiger partial charge in [-0.05, 0) is 66.6 Å². The Morgan fingerprint density at radius 2 is 1.71 bits per heavy atom. The first-order valence-corrected chi connectivity index (χ1v) is 11.1. The minimum Gasteiger partial charge on any atom is -0.283 e. The number of benzene rings is 3. The summed E-state index contributed by atoms with van der Waals surface area (Å²) in [5.74, 6) is -0.610. The highest BCUT2D eigenvalue weighted by Crippen LogP contribution is 2.31. The maximum atomic E-state index is 13.0. The molecule has 0 saturated heterocycles. The zero-order valence-corrected chi connectivity index (χ0v) is 16.6. The first-order chi connectivity index (χ1) is 13.4. The average Bonchev–Trinajstić information content (AvgIpc) is 3.07. The van der Waals surface area contributed by atoms with Crippen LogP contribution in [0.3, 0.4) is 0 Å². The average molecular weight is 413 g/mol. The number of fused-ring (bicyclic) bond motifs is 1. The van der Waals surface area contributed by atoms with Crippen molar-refractivity contribution in [2.75, 3.05) is 4.72 Å². The molecular weight excluding hydrogens is 395 g/mol. The van der Waals surface area contributed by atoms with Crippen molar-refractivity contribution < 1.29 is 12.8 Å². The van der Waals surface area contributed by atoms with E-state index in [1.54, 1.807) is 23.5 Å². The fourth-order valence-electron chi connectivity index (χ4n) is 2.85. The molecule has 0 spiro atoms. The number of hydrogen-bond acceptors (Lipinski definition) is 4.